The third-order valence-electron chi connectivity index (χ3n) is 1.09. The molecule has 0 amide bonds. The molecular formula is C8H17OP. The zero-order valence-corrected chi connectivity index (χ0v) is 8.46. The van der Waals surface area contributed by atoms with Gasteiger partial charge in [-0.15, -0.1) is 0 Å². The minimum Gasteiger partial charge on any atom is -0.483 e. The van der Waals surface area contributed by atoms with E-state index in [4.69, 9.17) is 4.52 Å². The Balaban J connectivity index is 4.20. The van der Waals surface area contributed by atoms with Crippen molar-refractivity contribution in [2.45, 2.75) is 20.8 Å². The van der Waals surface area contributed by atoms with Gasteiger partial charge in [0.25, 0.3) is 0 Å². The number of rotatable bonds is 2. The Morgan fingerprint density at radius 2 is 1.60 bits per heavy atom. The lowest BCUT2D eigenvalue weighted by atomic mass is 10.3. The smallest absolute Gasteiger partial charge is 0.0952 e. The van der Waals surface area contributed by atoms with Crippen LogP contribution in [0.15, 0.2) is 11.3 Å². The van der Waals surface area contributed by atoms with Crippen LogP contribution < -0.4 is 0 Å². The van der Waals surface area contributed by atoms with Gasteiger partial charge in [-0.3, -0.25) is 0 Å². The summed E-state index contributed by atoms with van der Waals surface area (Å²) in [5, 5.41) is 0. The van der Waals surface area contributed by atoms with Crippen LogP contribution in [0.2, 0.25) is 0 Å². The molecule has 0 aliphatic carbocycles. The minimum absolute atomic E-state index is 1.02. The second-order valence-electron chi connectivity index (χ2n) is 3.22. The Bertz CT molecular complexity index is 181. The summed E-state index contributed by atoms with van der Waals surface area (Å²) in [5.74, 6) is 1.02. The SMILES string of the molecule is C=P(C)(C)OC(C)=C(C)C. The molecular weight excluding hydrogens is 143 g/mol. The molecule has 0 rings (SSSR count). The van der Waals surface area contributed by atoms with E-state index in [0.717, 1.165) is 5.76 Å². The third kappa shape index (κ3) is 4.69. The van der Waals surface area contributed by atoms with Crippen LogP contribution in [0.1, 0.15) is 20.8 Å². The topological polar surface area (TPSA) is 9.23 Å². The number of hydrogen-bond acceptors (Lipinski definition) is 1. The number of allylic oxidation sites excluding steroid dienone is 2. The molecule has 0 aliphatic rings. The standard InChI is InChI=1S/C8H17OP/c1-7(2)8(3)9-10(4,5)6/h4H2,1-3,5-6H3. The van der Waals surface area contributed by atoms with Gasteiger partial charge < -0.3 is 4.52 Å². The van der Waals surface area contributed by atoms with Gasteiger partial charge in [-0.2, -0.15) is 0 Å². The summed E-state index contributed by atoms with van der Waals surface area (Å²) in [5.41, 5.74) is 1.23. The van der Waals surface area contributed by atoms with E-state index in [1.54, 1.807) is 0 Å². The van der Waals surface area contributed by atoms with E-state index in [-0.39, 0.29) is 0 Å². The number of hydrogen-bond donors (Lipinski definition) is 0. The summed E-state index contributed by atoms with van der Waals surface area (Å²) < 4.78 is 5.58. The first-order valence-electron chi connectivity index (χ1n) is 3.35. The highest BCUT2D eigenvalue weighted by Gasteiger charge is 2.00. The first-order chi connectivity index (χ1) is 4.33. The van der Waals surface area contributed by atoms with Crippen LogP contribution >= 0.6 is 7.11 Å². The normalized spacial score (nSPS) is 10.9. The molecule has 2 heteroatoms. The molecule has 60 valence electrons. The van der Waals surface area contributed by atoms with Crippen LogP contribution in [0, 0.1) is 0 Å². The van der Waals surface area contributed by atoms with E-state index in [2.05, 4.69) is 19.6 Å². The summed E-state index contributed by atoms with van der Waals surface area (Å²) >= 11 is 0. The zero-order valence-electron chi connectivity index (χ0n) is 7.56. The Hall–Kier alpha value is -0.160. The van der Waals surface area contributed by atoms with Crippen molar-refractivity contribution in [2.75, 3.05) is 13.3 Å². The fourth-order valence-corrected chi connectivity index (χ4v) is 1.39. The van der Waals surface area contributed by atoms with Gasteiger partial charge >= 0.3 is 0 Å². The summed E-state index contributed by atoms with van der Waals surface area (Å²) in [6.45, 7) is 10.2. The van der Waals surface area contributed by atoms with Gasteiger partial charge in [0.15, 0.2) is 0 Å². The lowest BCUT2D eigenvalue weighted by molar-refractivity contribution is 0.470. The van der Waals surface area contributed by atoms with Crippen LogP contribution in [0.4, 0.5) is 0 Å². The molecule has 1 nitrogen and oxygen atoms in total. The molecule has 0 unspecified atom stereocenters. The molecule has 0 fully saturated rings. The fourth-order valence-electron chi connectivity index (χ4n) is 0.462. The van der Waals surface area contributed by atoms with Crippen molar-refractivity contribution in [1.82, 2.24) is 0 Å². The van der Waals surface area contributed by atoms with Crippen molar-refractivity contribution < 1.29 is 4.52 Å². The molecule has 0 aromatic heterocycles. The zero-order chi connectivity index (χ0) is 8.36. The van der Waals surface area contributed by atoms with Gasteiger partial charge in [-0.05, 0) is 39.7 Å². The van der Waals surface area contributed by atoms with E-state index in [1.165, 1.54) is 5.57 Å². The molecule has 0 bridgehead atoms. The molecule has 0 radical (unpaired) electrons. The lowest BCUT2D eigenvalue weighted by Crippen LogP contribution is -1.86. The first-order valence-corrected chi connectivity index (χ1v) is 6.13. The lowest BCUT2D eigenvalue weighted by Gasteiger charge is -2.17. The predicted octanol–water partition coefficient (Wildman–Crippen LogP) is 2.94. The maximum atomic E-state index is 5.58. The maximum absolute atomic E-state index is 5.58. The quantitative estimate of drug-likeness (QED) is 0.445. The van der Waals surface area contributed by atoms with E-state index < -0.39 is 7.11 Å². The highest BCUT2D eigenvalue weighted by atomic mass is 31.2. The van der Waals surface area contributed by atoms with Crippen LogP contribution in [-0.4, -0.2) is 19.6 Å². The monoisotopic (exact) mass is 160 g/mol. The Morgan fingerprint density at radius 1 is 1.20 bits per heavy atom. The molecule has 10 heavy (non-hydrogen) atoms. The van der Waals surface area contributed by atoms with Crippen LogP contribution in [0.3, 0.4) is 0 Å². The van der Waals surface area contributed by atoms with Gasteiger partial charge in [0, 0.05) is 7.11 Å². The molecule has 0 saturated heterocycles. The van der Waals surface area contributed by atoms with E-state index in [1.807, 2.05) is 20.8 Å². The predicted molar refractivity (Wildman–Crippen MR) is 51.0 cm³/mol. The molecule has 0 aromatic rings. The average Bonchev–Trinajstić information content (AvgIpc) is 1.60. The maximum Gasteiger partial charge on any atom is 0.0952 e. The van der Waals surface area contributed by atoms with E-state index in [0.29, 0.717) is 0 Å². The molecule has 0 N–H and O–H groups in total. The largest absolute Gasteiger partial charge is 0.483 e. The van der Waals surface area contributed by atoms with E-state index >= 15 is 0 Å². The average molecular weight is 160 g/mol. The summed E-state index contributed by atoms with van der Waals surface area (Å²) in [4.78, 5) is 0. The van der Waals surface area contributed by atoms with Gasteiger partial charge in [-0.25, -0.2) is 0 Å². The summed E-state index contributed by atoms with van der Waals surface area (Å²) in [6, 6.07) is 0. The molecule has 0 saturated carbocycles. The van der Waals surface area contributed by atoms with Crippen LogP contribution in [-0.2, 0) is 4.52 Å². The third-order valence-corrected chi connectivity index (χ3v) is 1.86. The molecule has 0 spiro atoms. The summed E-state index contributed by atoms with van der Waals surface area (Å²) in [7, 11) is -1.33. The minimum atomic E-state index is -1.33. The Labute approximate surface area is 64.1 Å². The van der Waals surface area contributed by atoms with Crippen LogP contribution in [0.5, 0.6) is 0 Å². The van der Waals surface area contributed by atoms with Crippen LogP contribution in [0.25, 0.3) is 0 Å². The summed E-state index contributed by atoms with van der Waals surface area (Å²) in [6.07, 6.45) is 3.95. The van der Waals surface area contributed by atoms with Crippen molar-refractivity contribution in [1.29, 1.82) is 0 Å². The fraction of sp³-hybridized carbons (Fsp3) is 0.625. The molecule has 0 heterocycles. The van der Waals surface area contributed by atoms with Crippen molar-refractivity contribution in [3.8, 4) is 0 Å². The Kier molecular flexibility index (Phi) is 3.24. The highest BCUT2D eigenvalue weighted by molar-refractivity contribution is 7.67. The van der Waals surface area contributed by atoms with Gasteiger partial charge in [0.1, 0.15) is 0 Å². The van der Waals surface area contributed by atoms with Gasteiger partial charge in [0.2, 0.25) is 0 Å². The van der Waals surface area contributed by atoms with Gasteiger partial charge in [-0.1, -0.05) is 6.30 Å². The van der Waals surface area contributed by atoms with Crippen molar-refractivity contribution in [2.24, 2.45) is 0 Å². The van der Waals surface area contributed by atoms with Crippen molar-refractivity contribution in [3.05, 3.63) is 11.3 Å². The molecule has 0 atom stereocenters. The van der Waals surface area contributed by atoms with Crippen molar-refractivity contribution in [3.63, 3.8) is 0 Å². The van der Waals surface area contributed by atoms with E-state index in [9.17, 15) is 0 Å². The molecule has 0 aromatic carbocycles. The molecule has 0 aliphatic heterocycles. The second-order valence-corrected chi connectivity index (χ2v) is 6.55. The van der Waals surface area contributed by atoms with Gasteiger partial charge in [0.05, 0.1) is 5.76 Å². The first kappa shape index (κ1) is 9.84. The van der Waals surface area contributed by atoms with Crippen molar-refractivity contribution >= 4 is 13.4 Å². The highest BCUT2D eigenvalue weighted by Crippen LogP contribution is 2.39. The second kappa shape index (κ2) is 3.30. The Morgan fingerprint density at radius 3 is 1.70 bits per heavy atom.